The van der Waals surface area contributed by atoms with Crippen LogP contribution >= 0.6 is 0 Å². The number of hydrogen-bond acceptors (Lipinski definition) is 5. The van der Waals surface area contributed by atoms with E-state index >= 15 is 0 Å². The Labute approximate surface area is 117 Å². The third kappa shape index (κ3) is 2.82. The van der Waals surface area contributed by atoms with E-state index in [4.69, 9.17) is 14.2 Å². The SMILES string of the molecule is CCOC[C@]1(C(=O)c2ccc(OC)cc2)CCC(=O)O1. The molecule has 0 spiro atoms. The zero-order valence-electron chi connectivity index (χ0n) is 11.7. The Morgan fingerprint density at radius 3 is 2.55 bits per heavy atom. The maximum atomic E-state index is 12.6. The maximum absolute atomic E-state index is 12.6. The van der Waals surface area contributed by atoms with Gasteiger partial charge in [-0.1, -0.05) is 0 Å². The molecular formula is C15H18O5. The highest BCUT2D eigenvalue weighted by molar-refractivity contribution is 6.04. The van der Waals surface area contributed by atoms with Crippen LogP contribution in [0.4, 0.5) is 0 Å². The summed E-state index contributed by atoms with van der Waals surface area (Å²) >= 11 is 0. The number of methoxy groups -OCH3 is 1. The van der Waals surface area contributed by atoms with Crippen molar-refractivity contribution in [1.29, 1.82) is 0 Å². The topological polar surface area (TPSA) is 61.8 Å². The molecule has 108 valence electrons. The molecule has 1 aromatic rings. The molecule has 2 rings (SSSR count). The van der Waals surface area contributed by atoms with Crippen LogP contribution in [0.3, 0.4) is 0 Å². The Morgan fingerprint density at radius 1 is 1.35 bits per heavy atom. The van der Waals surface area contributed by atoms with Crippen molar-refractivity contribution in [2.75, 3.05) is 20.3 Å². The van der Waals surface area contributed by atoms with Gasteiger partial charge >= 0.3 is 5.97 Å². The second kappa shape index (κ2) is 6.05. The largest absolute Gasteiger partial charge is 0.497 e. The molecule has 1 saturated heterocycles. The van der Waals surface area contributed by atoms with E-state index in [0.29, 0.717) is 24.3 Å². The number of benzene rings is 1. The molecule has 1 heterocycles. The number of ether oxygens (including phenoxy) is 3. The molecule has 0 N–H and O–H groups in total. The van der Waals surface area contributed by atoms with Crippen molar-refractivity contribution in [1.82, 2.24) is 0 Å². The van der Waals surface area contributed by atoms with Gasteiger partial charge in [-0.05, 0) is 31.2 Å². The molecule has 0 aliphatic carbocycles. The fraction of sp³-hybridized carbons (Fsp3) is 0.467. The minimum atomic E-state index is -1.18. The summed E-state index contributed by atoms with van der Waals surface area (Å²) in [5, 5.41) is 0. The minimum absolute atomic E-state index is 0.0973. The predicted octanol–water partition coefficient (Wildman–Crippen LogP) is 1.99. The van der Waals surface area contributed by atoms with Gasteiger partial charge in [0, 0.05) is 25.0 Å². The zero-order chi connectivity index (χ0) is 14.6. The monoisotopic (exact) mass is 278 g/mol. The van der Waals surface area contributed by atoms with Crippen LogP contribution in [-0.4, -0.2) is 37.7 Å². The first kappa shape index (κ1) is 14.5. The van der Waals surface area contributed by atoms with Crippen molar-refractivity contribution in [2.24, 2.45) is 0 Å². The molecule has 1 fully saturated rings. The molecule has 5 nitrogen and oxygen atoms in total. The molecule has 1 aliphatic heterocycles. The number of carbonyl (C=O) groups is 2. The van der Waals surface area contributed by atoms with Crippen LogP contribution in [0.15, 0.2) is 24.3 Å². The Kier molecular flexibility index (Phi) is 4.39. The van der Waals surface area contributed by atoms with Crippen LogP contribution in [0.5, 0.6) is 5.75 Å². The molecule has 5 heteroatoms. The van der Waals surface area contributed by atoms with Gasteiger partial charge in [0.25, 0.3) is 0 Å². The molecule has 0 bridgehead atoms. The van der Waals surface area contributed by atoms with Crippen LogP contribution in [0, 0.1) is 0 Å². The van der Waals surface area contributed by atoms with Gasteiger partial charge in [0.1, 0.15) is 5.75 Å². The average Bonchev–Trinajstić information content (AvgIpc) is 2.87. The van der Waals surface area contributed by atoms with Crippen LogP contribution < -0.4 is 4.74 Å². The Hall–Kier alpha value is -1.88. The summed E-state index contributed by atoms with van der Waals surface area (Å²) in [5.74, 6) is 0.0924. The summed E-state index contributed by atoms with van der Waals surface area (Å²) < 4.78 is 15.7. The van der Waals surface area contributed by atoms with Gasteiger partial charge in [0.2, 0.25) is 5.78 Å². The van der Waals surface area contributed by atoms with Gasteiger partial charge in [-0.25, -0.2) is 0 Å². The molecule has 1 atom stereocenters. The van der Waals surface area contributed by atoms with Gasteiger partial charge < -0.3 is 14.2 Å². The van der Waals surface area contributed by atoms with E-state index < -0.39 is 5.60 Å². The molecule has 1 aromatic carbocycles. The summed E-state index contributed by atoms with van der Waals surface area (Å²) in [6, 6.07) is 6.75. The van der Waals surface area contributed by atoms with Crippen molar-refractivity contribution in [3.8, 4) is 5.75 Å². The highest BCUT2D eigenvalue weighted by atomic mass is 16.6. The Morgan fingerprint density at radius 2 is 2.05 bits per heavy atom. The summed E-state index contributed by atoms with van der Waals surface area (Å²) in [6.07, 6.45) is 0.603. The standard InChI is InChI=1S/C15H18O5/c1-3-19-10-15(9-8-13(16)20-15)14(17)11-4-6-12(18-2)7-5-11/h4-7H,3,8-10H2,1-2H3/t15-/m0/s1. The second-order valence-corrected chi connectivity index (χ2v) is 4.66. The van der Waals surface area contributed by atoms with Crippen molar-refractivity contribution < 1.29 is 23.8 Å². The molecule has 0 saturated carbocycles. The summed E-state index contributed by atoms with van der Waals surface area (Å²) in [5.41, 5.74) is -0.693. The molecular weight excluding hydrogens is 260 g/mol. The number of rotatable bonds is 6. The van der Waals surface area contributed by atoms with E-state index in [1.807, 2.05) is 6.92 Å². The third-order valence-electron chi connectivity index (χ3n) is 3.35. The van der Waals surface area contributed by atoms with Crippen molar-refractivity contribution in [3.05, 3.63) is 29.8 Å². The predicted molar refractivity (Wildman–Crippen MR) is 71.9 cm³/mol. The number of Topliss-reactive ketones (excluding diaryl/α,β-unsaturated/α-hetero) is 1. The highest BCUT2D eigenvalue weighted by Crippen LogP contribution is 2.31. The lowest BCUT2D eigenvalue weighted by atomic mass is 9.90. The van der Waals surface area contributed by atoms with Crippen molar-refractivity contribution in [2.45, 2.75) is 25.4 Å². The second-order valence-electron chi connectivity index (χ2n) is 4.66. The first-order chi connectivity index (χ1) is 9.61. The lowest BCUT2D eigenvalue weighted by molar-refractivity contribution is -0.148. The molecule has 1 aliphatic rings. The zero-order valence-corrected chi connectivity index (χ0v) is 11.7. The number of cyclic esters (lactones) is 1. The molecule has 20 heavy (non-hydrogen) atoms. The summed E-state index contributed by atoms with van der Waals surface area (Å²) in [7, 11) is 1.56. The van der Waals surface area contributed by atoms with E-state index in [-0.39, 0.29) is 24.8 Å². The van der Waals surface area contributed by atoms with Gasteiger partial charge in [0.15, 0.2) is 5.60 Å². The van der Waals surface area contributed by atoms with Crippen molar-refractivity contribution >= 4 is 11.8 Å². The normalized spacial score (nSPS) is 21.6. The van der Waals surface area contributed by atoms with Gasteiger partial charge in [-0.15, -0.1) is 0 Å². The van der Waals surface area contributed by atoms with Gasteiger partial charge in [-0.3, -0.25) is 9.59 Å². The first-order valence-corrected chi connectivity index (χ1v) is 6.60. The average molecular weight is 278 g/mol. The van der Waals surface area contributed by atoms with E-state index in [9.17, 15) is 9.59 Å². The molecule has 0 amide bonds. The van der Waals surface area contributed by atoms with E-state index in [1.165, 1.54) is 0 Å². The number of ketones is 1. The maximum Gasteiger partial charge on any atom is 0.307 e. The molecule has 0 aromatic heterocycles. The quantitative estimate of drug-likeness (QED) is 0.588. The third-order valence-corrected chi connectivity index (χ3v) is 3.35. The lowest BCUT2D eigenvalue weighted by Gasteiger charge is -2.25. The minimum Gasteiger partial charge on any atom is -0.497 e. The Balaban J connectivity index is 2.23. The molecule has 0 unspecified atom stereocenters. The number of carbonyl (C=O) groups excluding carboxylic acids is 2. The van der Waals surface area contributed by atoms with Gasteiger partial charge in [0.05, 0.1) is 13.7 Å². The highest BCUT2D eigenvalue weighted by Gasteiger charge is 2.47. The summed E-state index contributed by atoms with van der Waals surface area (Å²) in [6.45, 7) is 2.40. The fourth-order valence-electron chi connectivity index (χ4n) is 2.22. The smallest absolute Gasteiger partial charge is 0.307 e. The lowest BCUT2D eigenvalue weighted by Crippen LogP contribution is -2.43. The Bertz CT molecular complexity index is 493. The number of esters is 1. The van der Waals surface area contributed by atoms with E-state index in [0.717, 1.165) is 0 Å². The fourth-order valence-corrected chi connectivity index (χ4v) is 2.22. The molecule has 0 radical (unpaired) electrons. The number of hydrogen-bond donors (Lipinski definition) is 0. The van der Waals surface area contributed by atoms with Gasteiger partial charge in [-0.2, -0.15) is 0 Å². The van der Waals surface area contributed by atoms with Crippen LogP contribution in [0.1, 0.15) is 30.1 Å². The van der Waals surface area contributed by atoms with Crippen LogP contribution in [0.25, 0.3) is 0 Å². The van der Waals surface area contributed by atoms with Crippen molar-refractivity contribution in [3.63, 3.8) is 0 Å². The van der Waals surface area contributed by atoms with Crippen LogP contribution in [-0.2, 0) is 14.3 Å². The van der Waals surface area contributed by atoms with E-state index in [1.54, 1.807) is 31.4 Å². The van der Waals surface area contributed by atoms with E-state index in [2.05, 4.69) is 0 Å². The first-order valence-electron chi connectivity index (χ1n) is 6.60. The summed E-state index contributed by atoms with van der Waals surface area (Å²) in [4.78, 5) is 24.0. The van der Waals surface area contributed by atoms with Crippen LogP contribution in [0.2, 0.25) is 0 Å².